The van der Waals surface area contributed by atoms with Crippen LogP contribution in [0.1, 0.15) is 15.9 Å². The van der Waals surface area contributed by atoms with E-state index in [4.69, 9.17) is 15.5 Å². The van der Waals surface area contributed by atoms with E-state index in [0.717, 1.165) is 0 Å². The third-order valence-corrected chi connectivity index (χ3v) is 3.14. The minimum Gasteiger partial charge on any atom is -0.472 e. The quantitative estimate of drug-likeness (QED) is 0.399. The van der Waals surface area contributed by atoms with Gasteiger partial charge in [-0.3, -0.25) is 4.79 Å². The van der Waals surface area contributed by atoms with Crippen LogP contribution < -0.4 is 4.74 Å². The molecule has 1 amide bonds. The van der Waals surface area contributed by atoms with Gasteiger partial charge >= 0.3 is 0 Å². The maximum Gasteiger partial charge on any atom is 0.249 e. The Labute approximate surface area is 121 Å². The summed E-state index contributed by atoms with van der Waals surface area (Å²) in [6, 6.07) is 6.38. The molecule has 0 radical (unpaired) electrons. The molecule has 2 aromatic rings. The van der Waals surface area contributed by atoms with E-state index in [-0.39, 0.29) is 18.1 Å². The van der Waals surface area contributed by atoms with Crippen LogP contribution in [0.4, 0.5) is 0 Å². The summed E-state index contributed by atoms with van der Waals surface area (Å²) in [5.41, 5.74) is 9.08. The third kappa shape index (κ3) is 3.08. The first-order chi connectivity index (χ1) is 9.61. The summed E-state index contributed by atoms with van der Waals surface area (Å²) in [6.45, 7) is 0.0282. The molecule has 8 nitrogen and oxygen atoms in total. The van der Waals surface area contributed by atoms with E-state index in [1.807, 2.05) is 0 Å². The average Bonchev–Trinajstić information content (AvgIpc) is 2.83. The second-order valence-electron chi connectivity index (χ2n) is 3.62. The first-order valence-electron chi connectivity index (χ1n) is 5.36. The number of hydrogen-bond acceptors (Lipinski definition) is 4. The SMILES string of the molecule is [N-]=[N+]=NC(=O)c1cccc(Br)c1COc1ccn(O)n1. The smallest absolute Gasteiger partial charge is 0.249 e. The van der Waals surface area contributed by atoms with E-state index in [0.29, 0.717) is 14.9 Å². The summed E-state index contributed by atoms with van der Waals surface area (Å²) >= 11 is 3.30. The number of benzene rings is 1. The number of hydrogen-bond donors (Lipinski definition) is 1. The maximum atomic E-state index is 11.7. The van der Waals surface area contributed by atoms with Crippen LogP contribution in [-0.2, 0) is 6.61 Å². The van der Waals surface area contributed by atoms with Crippen molar-refractivity contribution in [3.63, 3.8) is 0 Å². The molecule has 0 aliphatic heterocycles. The number of azide groups is 1. The molecule has 0 bridgehead atoms. The standard InChI is InChI=1S/C11H8BrN5O3/c12-9-3-1-2-7(11(18)14-16-13)8(9)6-20-10-4-5-17(19)15-10/h1-5,19H,6H2. The first-order valence-corrected chi connectivity index (χ1v) is 6.15. The van der Waals surface area contributed by atoms with E-state index in [1.54, 1.807) is 12.1 Å². The minimum absolute atomic E-state index is 0.0282. The van der Waals surface area contributed by atoms with Gasteiger partial charge in [0.1, 0.15) is 6.61 Å². The Morgan fingerprint density at radius 3 is 3.00 bits per heavy atom. The molecule has 0 aliphatic rings. The number of carbonyl (C=O) groups is 1. The molecule has 0 fully saturated rings. The van der Waals surface area contributed by atoms with Crippen LogP contribution in [0.3, 0.4) is 0 Å². The van der Waals surface area contributed by atoms with Gasteiger partial charge in [0.15, 0.2) is 0 Å². The Morgan fingerprint density at radius 1 is 1.55 bits per heavy atom. The highest BCUT2D eigenvalue weighted by Gasteiger charge is 2.13. The maximum absolute atomic E-state index is 11.7. The van der Waals surface area contributed by atoms with Crippen LogP contribution in [0, 0.1) is 0 Å². The predicted molar refractivity (Wildman–Crippen MR) is 71.4 cm³/mol. The Balaban J connectivity index is 2.25. The lowest BCUT2D eigenvalue weighted by atomic mass is 10.1. The number of ether oxygens (including phenoxy) is 1. The van der Waals surface area contributed by atoms with Gasteiger partial charge in [-0.25, -0.2) is 0 Å². The highest BCUT2D eigenvalue weighted by atomic mass is 79.9. The fraction of sp³-hybridized carbons (Fsp3) is 0.0909. The second kappa shape index (κ2) is 6.09. The van der Waals surface area contributed by atoms with Crippen LogP contribution in [0.5, 0.6) is 5.88 Å². The van der Waals surface area contributed by atoms with Gasteiger partial charge in [-0.05, 0) is 16.7 Å². The van der Waals surface area contributed by atoms with Crippen LogP contribution in [0.25, 0.3) is 10.4 Å². The van der Waals surface area contributed by atoms with Crippen LogP contribution in [-0.4, -0.2) is 21.1 Å². The number of amides is 1. The molecule has 0 aliphatic carbocycles. The van der Waals surface area contributed by atoms with Gasteiger partial charge in [-0.15, -0.1) is 4.85 Å². The molecule has 0 unspecified atom stereocenters. The third-order valence-electron chi connectivity index (χ3n) is 2.40. The van der Waals surface area contributed by atoms with Crippen molar-refractivity contribution in [2.24, 2.45) is 5.11 Å². The zero-order valence-electron chi connectivity index (χ0n) is 9.97. The number of halogens is 1. The van der Waals surface area contributed by atoms with Crippen molar-refractivity contribution in [2.75, 3.05) is 0 Å². The predicted octanol–water partition coefficient (Wildman–Crippen LogP) is 2.91. The number of carbonyl (C=O) groups excluding carboxylic acids is 1. The monoisotopic (exact) mass is 337 g/mol. The Morgan fingerprint density at radius 2 is 2.35 bits per heavy atom. The van der Waals surface area contributed by atoms with Gasteiger partial charge in [-0.2, -0.15) is 0 Å². The summed E-state index contributed by atoms with van der Waals surface area (Å²) in [4.78, 5) is 14.8. The summed E-state index contributed by atoms with van der Waals surface area (Å²) in [5, 5.41) is 15.7. The van der Waals surface area contributed by atoms with Gasteiger partial charge in [0, 0.05) is 26.6 Å². The van der Waals surface area contributed by atoms with Crippen LogP contribution in [0.15, 0.2) is 40.0 Å². The van der Waals surface area contributed by atoms with E-state index < -0.39 is 5.91 Å². The van der Waals surface area contributed by atoms with Gasteiger partial charge in [0.05, 0.1) is 6.20 Å². The van der Waals surface area contributed by atoms with Crippen molar-refractivity contribution in [2.45, 2.75) is 6.61 Å². The molecule has 0 saturated carbocycles. The summed E-state index contributed by atoms with van der Waals surface area (Å²) in [6.07, 6.45) is 1.31. The van der Waals surface area contributed by atoms with Crippen molar-refractivity contribution in [3.8, 4) is 5.88 Å². The van der Waals surface area contributed by atoms with Crippen LogP contribution in [0.2, 0.25) is 0 Å². The molecule has 9 heteroatoms. The van der Waals surface area contributed by atoms with Crippen molar-refractivity contribution >= 4 is 21.8 Å². The Bertz CT molecular complexity index is 693. The molecule has 102 valence electrons. The van der Waals surface area contributed by atoms with Gasteiger partial charge in [0.2, 0.25) is 11.8 Å². The average molecular weight is 338 g/mol. The van der Waals surface area contributed by atoms with E-state index in [2.05, 4.69) is 31.1 Å². The van der Waals surface area contributed by atoms with Gasteiger partial charge in [-0.1, -0.05) is 33.2 Å². The summed E-state index contributed by atoms with van der Waals surface area (Å²) in [7, 11) is 0. The molecule has 0 atom stereocenters. The van der Waals surface area contributed by atoms with Crippen molar-refractivity contribution < 1.29 is 14.7 Å². The van der Waals surface area contributed by atoms with Crippen molar-refractivity contribution in [1.29, 1.82) is 0 Å². The van der Waals surface area contributed by atoms with Crippen molar-refractivity contribution in [1.82, 2.24) is 9.94 Å². The summed E-state index contributed by atoms with van der Waals surface area (Å²) < 4.78 is 5.99. The number of rotatable bonds is 4. The lowest BCUT2D eigenvalue weighted by molar-refractivity contribution is 0.0997. The van der Waals surface area contributed by atoms with E-state index >= 15 is 0 Å². The zero-order valence-corrected chi connectivity index (χ0v) is 11.6. The molecular weight excluding hydrogens is 330 g/mol. The topological polar surface area (TPSA) is 113 Å². The van der Waals surface area contributed by atoms with Crippen LogP contribution >= 0.6 is 15.9 Å². The fourth-order valence-corrected chi connectivity index (χ4v) is 2.00. The lowest BCUT2D eigenvalue weighted by Gasteiger charge is -2.09. The first kappa shape index (κ1) is 13.9. The van der Waals surface area contributed by atoms with Crippen molar-refractivity contribution in [3.05, 3.63) is 56.5 Å². The normalized spacial score (nSPS) is 9.85. The molecule has 2 rings (SSSR count). The molecule has 1 heterocycles. The Kier molecular flexibility index (Phi) is 4.24. The largest absolute Gasteiger partial charge is 0.472 e. The van der Waals surface area contributed by atoms with Gasteiger partial charge in [0.25, 0.3) is 0 Å². The highest BCUT2D eigenvalue weighted by molar-refractivity contribution is 9.10. The fourth-order valence-electron chi connectivity index (χ4n) is 1.52. The lowest BCUT2D eigenvalue weighted by Crippen LogP contribution is -2.05. The molecule has 1 aromatic heterocycles. The van der Waals surface area contributed by atoms with E-state index in [9.17, 15) is 4.79 Å². The molecule has 20 heavy (non-hydrogen) atoms. The molecule has 1 aromatic carbocycles. The second-order valence-corrected chi connectivity index (χ2v) is 4.48. The minimum atomic E-state index is -0.694. The molecule has 0 spiro atoms. The highest BCUT2D eigenvalue weighted by Crippen LogP contribution is 2.23. The van der Waals surface area contributed by atoms with E-state index in [1.165, 1.54) is 18.3 Å². The number of aromatic nitrogens is 2. The Hall–Kier alpha value is -2.51. The molecule has 0 saturated heterocycles. The zero-order chi connectivity index (χ0) is 14.5. The molecule has 1 N–H and O–H groups in total. The number of nitrogens with zero attached hydrogens (tertiary/aromatic N) is 5. The summed E-state index contributed by atoms with van der Waals surface area (Å²) in [5.74, 6) is -0.495. The molecular formula is C11H8BrN5O3. The van der Waals surface area contributed by atoms with Gasteiger partial charge < -0.3 is 9.94 Å².